The van der Waals surface area contributed by atoms with Gasteiger partial charge in [-0.3, -0.25) is 4.79 Å². The molecule has 0 atom stereocenters. The normalized spacial score (nSPS) is 10.2. The Labute approximate surface area is 138 Å². The minimum atomic E-state index is -0.270. The Kier molecular flexibility index (Phi) is 5.46. The first-order chi connectivity index (χ1) is 9.56. The summed E-state index contributed by atoms with van der Waals surface area (Å²) in [5, 5.41) is 3.18. The number of benzene rings is 2. The van der Waals surface area contributed by atoms with E-state index in [0.29, 0.717) is 16.5 Å². The van der Waals surface area contributed by atoms with Crippen molar-refractivity contribution in [3.05, 3.63) is 56.4 Å². The second-order valence-corrected chi connectivity index (χ2v) is 6.07. The molecule has 1 amide bonds. The molecule has 0 unspecified atom stereocenters. The van der Waals surface area contributed by atoms with Crippen LogP contribution in [0.5, 0.6) is 5.75 Å². The molecule has 104 valence electrons. The molecule has 0 radical (unpaired) electrons. The average molecular weight is 420 g/mol. The van der Waals surface area contributed by atoms with Crippen LogP contribution in [0.4, 0.5) is 5.69 Å². The number of rotatable bonds is 4. The number of halogens is 3. The van der Waals surface area contributed by atoms with Crippen LogP contribution in [0, 0.1) is 0 Å². The molecule has 0 aliphatic heterocycles. The lowest BCUT2D eigenvalue weighted by Gasteiger charge is -2.10. The molecule has 0 aromatic heterocycles. The lowest BCUT2D eigenvalue weighted by Crippen LogP contribution is -2.20. The zero-order valence-corrected chi connectivity index (χ0v) is 14.1. The van der Waals surface area contributed by atoms with Gasteiger partial charge in [0.1, 0.15) is 5.75 Å². The van der Waals surface area contributed by atoms with Crippen LogP contribution in [-0.4, -0.2) is 12.5 Å². The van der Waals surface area contributed by atoms with Crippen LogP contribution in [0.15, 0.2) is 51.4 Å². The Morgan fingerprint density at radius 3 is 2.65 bits per heavy atom. The van der Waals surface area contributed by atoms with Gasteiger partial charge in [-0.15, -0.1) is 0 Å². The van der Waals surface area contributed by atoms with Crippen LogP contribution < -0.4 is 10.1 Å². The number of hydrogen-bond donors (Lipinski definition) is 1. The van der Waals surface area contributed by atoms with Gasteiger partial charge in [-0.25, -0.2) is 0 Å². The van der Waals surface area contributed by atoms with Gasteiger partial charge in [0.25, 0.3) is 5.91 Å². The molecule has 3 nitrogen and oxygen atoms in total. The molecule has 0 fully saturated rings. The summed E-state index contributed by atoms with van der Waals surface area (Å²) in [7, 11) is 0. The van der Waals surface area contributed by atoms with Gasteiger partial charge in [0.05, 0.1) is 15.2 Å². The van der Waals surface area contributed by atoms with Crippen molar-refractivity contribution in [3.8, 4) is 5.75 Å². The molecule has 0 aliphatic rings. The second-order valence-electron chi connectivity index (χ2n) is 3.89. The van der Waals surface area contributed by atoms with Gasteiger partial charge in [0.15, 0.2) is 6.61 Å². The maximum atomic E-state index is 11.8. The Morgan fingerprint density at radius 2 is 1.95 bits per heavy atom. The first kappa shape index (κ1) is 15.4. The highest BCUT2D eigenvalue weighted by molar-refractivity contribution is 9.11. The number of amides is 1. The number of nitrogens with one attached hydrogen (secondary N) is 1. The second kappa shape index (κ2) is 7.11. The summed E-state index contributed by atoms with van der Waals surface area (Å²) in [6.07, 6.45) is 0. The summed E-state index contributed by atoms with van der Waals surface area (Å²) in [5.41, 5.74) is 0.567. The minimum absolute atomic E-state index is 0.0918. The van der Waals surface area contributed by atoms with Crippen LogP contribution in [0.25, 0.3) is 0 Å². The lowest BCUT2D eigenvalue weighted by molar-refractivity contribution is -0.118. The molecular formula is C14H10Br2ClNO2. The van der Waals surface area contributed by atoms with Crippen LogP contribution in [-0.2, 0) is 4.79 Å². The third-order valence-electron chi connectivity index (χ3n) is 2.40. The maximum absolute atomic E-state index is 11.8. The predicted octanol–water partition coefficient (Wildman–Crippen LogP) is 4.88. The third-order valence-corrected chi connectivity index (χ3v) is 3.84. The van der Waals surface area contributed by atoms with Gasteiger partial charge in [0, 0.05) is 4.47 Å². The molecule has 6 heteroatoms. The molecule has 0 spiro atoms. The molecule has 0 heterocycles. The fourth-order valence-corrected chi connectivity index (χ4v) is 2.83. The van der Waals surface area contributed by atoms with Crippen molar-refractivity contribution in [2.45, 2.75) is 0 Å². The number of hydrogen-bond acceptors (Lipinski definition) is 2. The Balaban J connectivity index is 1.94. The standard InChI is InChI=1S/C14H10Br2ClNO2/c15-9-5-6-13(10(16)7-9)20-8-14(19)18-12-4-2-1-3-11(12)17/h1-7H,8H2,(H,18,19). The molecule has 2 aromatic rings. The molecule has 2 rings (SSSR count). The predicted molar refractivity (Wildman–Crippen MR) is 87.4 cm³/mol. The highest BCUT2D eigenvalue weighted by atomic mass is 79.9. The lowest BCUT2D eigenvalue weighted by atomic mass is 10.3. The molecule has 20 heavy (non-hydrogen) atoms. The van der Waals surface area contributed by atoms with E-state index in [1.165, 1.54) is 0 Å². The van der Waals surface area contributed by atoms with Crippen LogP contribution in [0.2, 0.25) is 5.02 Å². The van der Waals surface area contributed by atoms with Gasteiger partial charge in [-0.05, 0) is 46.3 Å². The Hall–Kier alpha value is -1.04. The van der Waals surface area contributed by atoms with Crippen LogP contribution >= 0.6 is 43.5 Å². The summed E-state index contributed by atoms with van der Waals surface area (Å²) >= 11 is 12.7. The van der Waals surface area contributed by atoms with Crippen molar-refractivity contribution in [2.24, 2.45) is 0 Å². The summed E-state index contributed by atoms with van der Waals surface area (Å²) in [6.45, 7) is -0.0918. The van der Waals surface area contributed by atoms with E-state index in [9.17, 15) is 4.79 Å². The van der Waals surface area contributed by atoms with Gasteiger partial charge < -0.3 is 10.1 Å². The van der Waals surface area contributed by atoms with Crippen molar-refractivity contribution in [1.82, 2.24) is 0 Å². The Bertz CT molecular complexity index is 634. The first-order valence-corrected chi connectivity index (χ1v) is 7.65. The summed E-state index contributed by atoms with van der Waals surface area (Å²) in [4.78, 5) is 11.8. The van der Waals surface area contributed by atoms with E-state index in [0.717, 1.165) is 8.95 Å². The number of carbonyl (C=O) groups excluding carboxylic acids is 1. The number of anilines is 1. The summed E-state index contributed by atoms with van der Waals surface area (Å²) < 4.78 is 7.15. The molecular weight excluding hydrogens is 409 g/mol. The summed E-state index contributed by atoms with van der Waals surface area (Å²) in [5.74, 6) is 0.329. The monoisotopic (exact) mass is 417 g/mol. The Morgan fingerprint density at radius 1 is 1.20 bits per heavy atom. The summed E-state index contributed by atoms with van der Waals surface area (Å²) in [6, 6.07) is 12.5. The molecule has 0 saturated carbocycles. The van der Waals surface area contributed by atoms with E-state index in [2.05, 4.69) is 37.2 Å². The zero-order chi connectivity index (χ0) is 14.5. The molecule has 2 aromatic carbocycles. The SMILES string of the molecule is O=C(COc1ccc(Br)cc1Br)Nc1ccccc1Cl. The van der Waals surface area contributed by atoms with E-state index in [4.69, 9.17) is 16.3 Å². The van der Waals surface area contributed by atoms with E-state index in [-0.39, 0.29) is 12.5 Å². The average Bonchev–Trinajstić information content (AvgIpc) is 2.40. The largest absolute Gasteiger partial charge is 0.483 e. The van der Waals surface area contributed by atoms with Crippen LogP contribution in [0.1, 0.15) is 0 Å². The van der Waals surface area contributed by atoms with E-state index in [1.54, 1.807) is 30.3 Å². The van der Waals surface area contributed by atoms with Gasteiger partial charge >= 0.3 is 0 Å². The van der Waals surface area contributed by atoms with Gasteiger partial charge in [-0.2, -0.15) is 0 Å². The smallest absolute Gasteiger partial charge is 0.262 e. The van der Waals surface area contributed by atoms with Gasteiger partial charge in [0.2, 0.25) is 0 Å². The highest BCUT2D eigenvalue weighted by Crippen LogP contribution is 2.28. The van der Waals surface area contributed by atoms with Crippen molar-refractivity contribution >= 4 is 55.1 Å². The molecule has 0 aliphatic carbocycles. The first-order valence-electron chi connectivity index (χ1n) is 5.68. The van der Waals surface area contributed by atoms with E-state index < -0.39 is 0 Å². The maximum Gasteiger partial charge on any atom is 0.262 e. The molecule has 0 saturated heterocycles. The fourth-order valence-electron chi connectivity index (χ4n) is 1.48. The molecule has 1 N–H and O–H groups in total. The fraction of sp³-hybridized carbons (Fsp3) is 0.0714. The number of ether oxygens (including phenoxy) is 1. The highest BCUT2D eigenvalue weighted by Gasteiger charge is 2.08. The van der Waals surface area contributed by atoms with E-state index >= 15 is 0 Å². The minimum Gasteiger partial charge on any atom is -0.483 e. The van der Waals surface area contributed by atoms with Crippen molar-refractivity contribution in [1.29, 1.82) is 0 Å². The quantitative estimate of drug-likeness (QED) is 0.767. The number of para-hydroxylation sites is 1. The third kappa shape index (κ3) is 4.23. The zero-order valence-electron chi connectivity index (χ0n) is 10.2. The van der Waals surface area contributed by atoms with Crippen molar-refractivity contribution in [3.63, 3.8) is 0 Å². The van der Waals surface area contributed by atoms with Crippen LogP contribution in [0.3, 0.4) is 0 Å². The van der Waals surface area contributed by atoms with Crippen molar-refractivity contribution < 1.29 is 9.53 Å². The van der Waals surface area contributed by atoms with Gasteiger partial charge in [-0.1, -0.05) is 39.7 Å². The van der Waals surface area contributed by atoms with E-state index in [1.807, 2.05) is 12.1 Å². The topological polar surface area (TPSA) is 38.3 Å². The number of carbonyl (C=O) groups is 1. The molecule has 0 bridgehead atoms. The van der Waals surface area contributed by atoms with Crippen molar-refractivity contribution in [2.75, 3.05) is 11.9 Å².